The Bertz CT molecular complexity index is 185. The van der Waals surface area contributed by atoms with Gasteiger partial charge in [0, 0.05) is 12.5 Å². The van der Waals surface area contributed by atoms with E-state index in [0.717, 1.165) is 13.0 Å². The van der Waals surface area contributed by atoms with Crippen molar-refractivity contribution in [2.24, 2.45) is 11.8 Å². The second kappa shape index (κ2) is 14.0. The van der Waals surface area contributed by atoms with Crippen molar-refractivity contribution in [3.05, 3.63) is 0 Å². The van der Waals surface area contributed by atoms with E-state index in [2.05, 4.69) is 32.6 Å². The molecule has 0 radical (unpaired) electrons. The topological polar surface area (TPSA) is 20.3 Å². The van der Waals surface area contributed by atoms with Crippen LogP contribution >= 0.6 is 0 Å². The van der Waals surface area contributed by atoms with E-state index in [1.54, 1.807) is 6.92 Å². The lowest BCUT2D eigenvalue weighted by molar-refractivity contribution is -0.121. The zero-order chi connectivity index (χ0) is 15.3. The highest BCUT2D eigenvalue weighted by Gasteiger charge is 2.16. The molecule has 0 aliphatic heterocycles. The molecule has 116 valence electrons. The van der Waals surface area contributed by atoms with Crippen molar-refractivity contribution in [1.29, 1.82) is 0 Å². The first kappa shape index (κ1) is 20.9. The highest BCUT2D eigenvalue weighted by atomic mass is 16.1. The van der Waals surface area contributed by atoms with E-state index in [0.29, 0.717) is 11.7 Å². The van der Waals surface area contributed by atoms with Gasteiger partial charge >= 0.3 is 0 Å². The lowest BCUT2D eigenvalue weighted by Gasteiger charge is -2.19. The van der Waals surface area contributed by atoms with Gasteiger partial charge in [0.05, 0.1) is 0 Å². The third-order valence-corrected chi connectivity index (χ3v) is 3.12. The maximum absolute atomic E-state index is 11.2. The Labute approximate surface area is 122 Å². The first-order valence-corrected chi connectivity index (χ1v) is 8.00. The van der Waals surface area contributed by atoms with E-state index in [-0.39, 0.29) is 5.92 Å². The Balaban J connectivity index is 0. The molecule has 2 nitrogen and oxygen atoms in total. The van der Waals surface area contributed by atoms with E-state index in [9.17, 15) is 4.79 Å². The second-order valence-corrected chi connectivity index (χ2v) is 6.26. The summed E-state index contributed by atoms with van der Waals surface area (Å²) < 4.78 is 0. The zero-order valence-electron chi connectivity index (χ0n) is 14.5. The van der Waals surface area contributed by atoms with Crippen molar-refractivity contribution < 1.29 is 4.79 Å². The van der Waals surface area contributed by atoms with Crippen LogP contribution in [0.2, 0.25) is 0 Å². The van der Waals surface area contributed by atoms with Gasteiger partial charge in [-0.3, -0.25) is 4.79 Å². The number of carbonyl (C=O) groups excluding carboxylic acids is 1. The molecular formula is C17H37NO. The molecule has 0 bridgehead atoms. The van der Waals surface area contributed by atoms with Crippen LogP contribution in [-0.4, -0.2) is 31.3 Å². The van der Waals surface area contributed by atoms with Gasteiger partial charge < -0.3 is 4.90 Å². The summed E-state index contributed by atoms with van der Waals surface area (Å²) in [6.07, 6.45) is 8.02. The number of nitrogens with zero attached hydrogens (tertiary/aromatic N) is 1. The minimum Gasteiger partial charge on any atom is -0.309 e. The Morgan fingerprint density at radius 3 is 1.74 bits per heavy atom. The van der Waals surface area contributed by atoms with Crippen LogP contribution in [0.3, 0.4) is 0 Å². The lowest BCUT2D eigenvalue weighted by Crippen LogP contribution is -2.27. The molecule has 0 fully saturated rings. The number of hydrogen-bond acceptors (Lipinski definition) is 2. The molecule has 0 N–H and O–H groups in total. The van der Waals surface area contributed by atoms with Crippen molar-refractivity contribution in [3.63, 3.8) is 0 Å². The first-order valence-electron chi connectivity index (χ1n) is 8.00. The van der Waals surface area contributed by atoms with Gasteiger partial charge in [0.2, 0.25) is 0 Å². The fourth-order valence-corrected chi connectivity index (χ4v) is 2.06. The van der Waals surface area contributed by atoms with Gasteiger partial charge in [0.25, 0.3) is 0 Å². The van der Waals surface area contributed by atoms with Gasteiger partial charge in [0.1, 0.15) is 5.78 Å². The van der Waals surface area contributed by atoms with Crippen LogP contribution in [0.15, 0.2) is 0 Å². The molecule has 0 rings (SSSR count). The summed E-state index contributed by atoms with van der Waals surface area (Å²) in [6, 6.07) is 0. The normalized spacial score (nSPS) is 12.3. The highest BCUT2D eigenvalue weighted by molar-refractivity contribution is 5.78. The van der Waals surface area contributed by atoms with Gasteiger partial charge in [-0.05, 0) is 33.4 Å². The van der Waals surface area contributed by atoms with Crippen molar-refractivity contribution in [1.82, 2.24) is 4.90 Å². The number of hydrogen-bond donors (Lipinski definition) is 0. The predicted octanol–water partition coefficient (Wildman–Crippen LogP) is 4.78. The van der Waals surface area contributed by atoms with Crippen LogP contribution < -0.4 is 0 Å². The fourth-order valence-electron chi connectivity index (χ4n) is 2.06. The average Bonchev–Trinajstić information content (AvgIpc) is 2.28. The minimum absolute atomic E-state index is 0.222. The van der Waals surface area contributed by atoms with E-state index < -0.39 is 0 Å². The molecule has 2 heteroatoms. The first-order chi connectivity index (χ1) is 8.84. The number of carbonyl (C=O) groups is 1. The molecular weight excluding hydrogens is 234 g/mol. The number of Topliss-reactive ketones (excluding diaryl/α,β-unsaturated/α-hetero) is 1. The third-order valence-electron chi connectivity index (χ3n) is 3.12. The van der Waals surface area contributed by atoms with E-state index >= 15 is 0 Å². The van der Waals surface area contributed by atoms with E-state index in [4.69, 9.17) is 0 Å². The molecule has 0 saturated heterocycles. The quantitative estimate of drug-likeness (QED) is 0.563. The summed E-state index contributed by atoms with van der Waals surface area (Å²) in [5.74, 6) is 1.15. The van der Waals surface area contributed by atoms with Crippen molar-refractivity contribution in [2.45, 2.75) is 73.1 Å². The number of rotatable bonds is 9. The van der Waals surface area contributed by atoms with Crippen LogP contribution in [0.1, 0.15) is 73.1 Å². The molecule has 0 aromatic heterocycles. The van der Waals surface area contributed by atoms with Crippen molar-refractivity contribution >= 4 is 5.78 Å². The largest absolute Gasteiger partial charge is 0.309 e. The summed E-state index contributed by atoms with van der Waals surface area (Å²) in [5, 5.41) is 0. The molecule has 1 unspecified atom stereocenters. The zero-order valence-corrected chi connectivity index (χ0v) is 14.5. The van der Waals surface area contributed by atoms with Crippen LogP contribution in [0.25, 0.3) is 0 Å². The molecule has 1 atom stereocenters. The molecule has 0 aromatic rings. The molecule has 0 spiro atoms. The SMILES string of the molecule is CC(=O)C(CC(C)C)CN(C)C.CCCCCCC. The fraction of sp³-hybridized carbons (Fsp3) is 0.941. The molecule has 0 saturated carbocycles. The Hall–Kier alpha value is -0.370. The maximum atomic E-state index is 11.2. The lowest BCUT2D eigenvalue weighted by atomic mass is 9.93. The third kappa shape index (κ3) is 17.6. The Morgan fingerprint density at radius 1 is 1.00 bits per heavy atom. The van der Waals surface area contributed by atoms with Crippen LogP contribution in [0.5, 0.6) is 0 Å². The van der Waals surface area contributed by atoms with Crippen LogP contribution in [0, 0.1) is 11.8 Å². The smallest absolute Gasteiger partial charge is 0.134 e. The molecule has 0 aliphatic rings. The summed E-state index contributed by atoms with van der Waals surface area (Å²) in [6.45, 7) is 11.4. The van der Waals surface area contributed by atoms with Gasteiger partial charge in [-0.1, -0.05) is 59.8 Å². The Kier molecular flexibility index (Phi) is 15.5. The standard InChI is InChI=1S/C10H21NO.C7H16/c1-8(2)6-10(9(3)12)7-11(4)5;1-3-5-7-6-4-2/h8,10H,6-7H2,1-5H3;3-7H2,1-2H3. The van der Waals surface area contributed by atoms with Gasteiger partial charge in [0.15, 0.2) is 0 Å². The monoisotopic (exact) mass is 271 g/mol. The predicted molar refractivity (Wildman–Crippen MR) is 86.6 cm³/mol. The molecule has 0 amide bonds. The average molecular weight is 271 g/mol. The van der Waals surface area contributed by atoms with Gasteiger partial charge in [-0.25, -0.2) is 0 Å². The van der Waals surface area contributed by atoms with Gasteiger partial charge in [-0.2, -0.15) is 0 Å². The summed E-state index contributed by atoms with van der Waals surface area (Å²) in [7, 11) is 4.02. The second-order valence-electron chi connectivity index (χ2n) is 6.26. The van der Waals surface area contributed by atoms with Gasteiger partial charge in [-0.15, -0.1) is 0 Å². The molecule has 0 heterocycles. The van der Waals surface area contributed by atoms with Crippen LogP contribution in [0.4, 0.5) is 0 Å². The number of ketones is 1. The summed E-state index contributed by atoms with van der Waals surface area (Å²) in [4.78, 5) is 13.3. The van der Waals surface area contributed by atoms with Crippen LogP contribution in [-0.2, 0) is 4.79 Å². The molecule has 0 aliphatic carbocycles. The van der Waals surface area contributed by atoms with Crippen molar-refractivity contribution in [3.8, 4) is 0 Å². The molecule has 0 aromatic carbocycles. The minimum atomic E-state index is 0.222. The maximum Gasteiger partial charge on any atom is 0.134 e. The van der Waals surface area contributed by atoms with E-state index in [1.807, 2.05) is 14.1 Å². The summed E-state index contributed by atoms with van der Waals surface area (Å²) >= 11 is 0. The van der Waals surface area contributed by atoms with Crippen molar-refractivity contribution in [2.75, 3.05) is 20.6 Å². The number of unbranched alkanes of at least 4 members (excludes halogenated alkanes) is 4. The summed E-state index contributed by atoms with van der Waals surface area (Å²) in [5.41, 5.74) is 0. The molecule has 19 heavy (non-hydrogen) atoms. The van der Waals surface area contributed by atoms with E-state index in [1.165, 1.54) is 32.1 Å². The highest BCUT2D eigenvalue weighted by Crippen LogP contribution is 2.13. The Morgan fingerprint density at radius 2 is 1.47 bits per heavy atom.